The van der Waals surface area contributed by atoms with Crippen LogP contribution in [-0.4, -0.2) is 16.3 Å². The molecule has 0 aromatic carbocycles. The molecule has 0 unspecified atom stereocenters. The summed E-state index contributed by atoms with van der Waals surface area (Å²) in [6, 6.07) is 2.80. The Morgan fingerprint density at radius 2 is 2.38 bits per heavy atom. The molecule has 1 saturated carbocycles. The number of aromatic nitrogens is 2. The van der Waals surface area contributed by atoms with Gasteiger partial charge >= 0.3 is 0 Å². The molecule has 0 atom stereocenters. The number of hydrogen-bond donors (Lipinski definition) is 1. The van der Waals surface area contributed by atoms with Crippen LogP contribution in [0.25, 0.3) is 0 Å². The predicted octanol–water partition coefficient (Wildman–Crippen LogP) is 1.50. The van der Waals surface area contributed by atoms with E-state index >= 15 is 0 Å². The lowest BCUT2D eigenvalue weighted by Crippen LogP contribution is -2.20. The van der Waals surface area contributed by atoms with Crippen LogP contribution in [0.3, 0.4) is 0 Å². The first kappa shape index (κ1) is 8.75. The van der Waals surface area contributed by atoms with Gasteiger partial charge < -0.3 is 5.73 Å². The van der Waals surface area contributed by atoms with Gasteiger partial charge in [0.1, 0.15) is 0 Å². The molecule has 1 aliphatic rings. The zero-order valence-electron chi connectivity index (χ0n) is 7.95. The highest BCUT2D eigenvalue weighted by atomic mass is 15.3. The van der Waals surface area contributed by atoms with Gasteiger partial charge in [-0.25, -0.2) is 0 Å². The van der Waals surface area contributed by atoms with E-state index in [0.29, 0.717) is 6.04 Å². The third-order valence-electron chi connectivity index (χ3n) is 2.81. The average molecular weight is 179 g/mol. The fraction of sp³-hybridized carbons (Fsp3) is 0.700. The van der Waals surface area contributed by atoms with Crippen LogP contribution < -0.4 is 5.73 Å². The van der Waals surface area contributed by atoms with Gasteiger partial charge in [0, 0.05) is 11.9 Å². The van der Waals surface area contributed by atoms with Crippen molar-refractivity contribution >= 4 is 0 Å². The lowest BCUT2D eigenvalue weighted by molar-refractivity contribution is 0.282. The van der Waals surface area contributed by atoms with E-state index in [9.17, 15) is 0 Å². The molecule has 2 N–H and O–H groups in total. The van der Waals surface area contributed by atoms with Crippen LogP contribution in [0.5, 0.6) is 0 Å². The highest BCUT2D eigenvalue weighted by Gasteiger charge is 2.21. The molecule has 1 aromatic rings. The fourth-order valence-electron chi connectivity index (χ4n) is 1.78. The summed E-state index contributed by atoms with van der Waals surface area (Å²) >= 11 is 0. The van der Waals surface area contributed by atoms with E-state index in [1.54, 1.807) is 0 Å². The lowest BCUT2D eigenvalue weighted by atomic mass is 9.93. The van der Waals surface area contributed by atoms with E-state index in [2.05, 4.69) is 15.8 Å². The standard InChI is InChI=1S/C10H17N3/c11-7-2-5-10-6-8-12-13(10)9-3-1-4-9/h6,8-9H,1-5,7,11H2. The van der Waals surface area contributed by atoms with E-state index in [1.807, 2.05) is 6.20 Å². The van der Waals surface area contributed by atoms with Crippen molar-refractivity contribution in [3.8, 4) is 0 Å². The third-order valence-corrected chi connectivity index (χ3v) is 2.81. The van der Waals surface area contributed by atoms with E-state index in [1.165, 1.54) is 25.0 Å². The second kappa shape index (κ2) is 3.92. The smallest absolute Gasteiger partial charge is 0.0522 e. The fourth-order valence-corrected chi connectivity index (χ4v) is 1.78. The van der Waals surface area contributed by atoms with Crippen molar-refractivity contribution in [3.05, 3.63) is 18.0 Å². The van der Waals surface area contributed by atoms with Gasteiger partial charge in [0.25, 0.3) is 0 Å². The van der Waals surface area contributed by atoms with E-state index < -0.39 is 0 Å². The van der Waals surface area contributed by atoms with E-state index in [4.69, 9.17) is 5.73 Å². The Kier molecular flexibility index (Phi) is 2.64. The molecule has 1 aromatic heterocycles. The van der Waals surface area contributed by atoms with Gasteiger partial charge in [-0.3, -0.25) is 4.68 Å². The SMILES string of the molecule is NCCCc1ccnn1C1CCC1. The maximum Gasteiger partial charge on any atom is 0.0522 e. The van der Waals surface area contributed by atoms with Crippen LogP contribution in [0.15, 0.2) is 12.3 Å². The summed E-state index contributed by atoms with van der Waals surface area (Å²) in [5, 5.41) is 4.37. The van der Waals surface area contributed by atoms with Crippen molar-refractivity contribution in [2.75, 3.05) is 6.54 Å². The Bertz CT molecular complexity index is 263. The highest BCUT2D eigenvalue weighted by molar-refractivity contribution is 5.03. The summed E-state index contributed by atoms with van der Waals surface area (Å²) in [6.07, 6.45) is 8.02. The molecule has 72 valence electrons. The van der Waals surface area contributed by atoms with Crippen molar-refractivity contribution in [2.45, 2.75) is 38.1 Å². The van der Waals surface area contributed by atoms with Crippen molar-refractivity contribution in [1.29, 1.82) is 0 Å². The summed E-state index contributed by atoms with van der Waals surface area (Å²) in [6.45, 7) is 0.774. The van der Waals surface area contributed by atoms with Crippen LogP contribution in [0, 0.1) is 0 Å². The van der Waals surface area contributed by atoms with Gasteiger partial charge in [-0.15, -0.1) is 0 Å². The van der Waals surface area contributed by atoms with E-state index in [0.717, 1.165) is 19.4 Å². The highest BCUT2D eigenvalue weighted by Crippen LogP contribution is 2.31. The predicted molar refractivity (Wildman–Crippen MR) is 52.5 cm³/mol. The zero-order chi connectivity index (χ0) is 9.10. The number of nitrogens with zero attached hydrogens (tertiary/aromatic N) is 2. The molecule has 1 aliphatic carbocycles. The quantitative estimate of drug-likeness (QED) is 0.761. The Morgan fingerprint density at radius 3 is 3.00 bits per heavy atom. The minimum Gasteiger partial charge on any atom is -0.330 e. The molecule has 0 amide bonds. The maximum atomic E-state index is 5.49. The van der Waals surface area contributed by atoms with Crippen molar-refractivity contribution < 1.29 is 0 Å². The molecule has 0 bridgehead atoms. The van der Waals surface area contributed by atoms with Gasteiger partial charge in [0.05, 0.1) is 6.04 Å². The third kappa shape index (κ3) is 1.75. The molecule has 0 spiro atoms. The first-order valence-electron chi connectivity index (χ1n) is 5.14. The Labute approximate surface area is 78.9 Å². The second-order valence-corrected chi connectivity index (χ2v) is 3.74. The molecular formula is C10H17N3. The molecule has 3 nitrogen and oxygen atoms in total. The first-order valence-corrected chi connectivity index (χ1v) is 5.14. The van der Waals surface area contributed by atoms with Crippen LogP contribution in [-0.2, 0) is 6.42 Å². The van der Waals surface area contributed by atoms with Gasteiger partial charge in [-0.1, -0.05) is 0 Å². The molecule has 1 heterocycles. The minimum absolute atomic E-state index is 0.683. The molecule has 0 saturated heterocycles. The summed E-state index contributed by atoms with van der Waals surface area (Å²) in [5.41, 5.74) is 6.84. The largest absolute Gasteiger partial charge is 0.330 e. The molecular weight excluding hydrogens is 162 g/mol. The molecule has 3 heteroatoms. The summed E-state index contributed by atoms with van der Waals surface area (Å²) < 4.78 is 2.19. The van der Waals surface area contributed by atoms with Gasteiger partial charge in [-0.2, -0.15) is 5.10 Å². The van der Waals surface area contributed by atoms with Crippen molar-refractivity contribution in [1.82, 2.24) is 9.78 Å². The Balaban J connectivity index is 2.02. The number of aryl methyl sites for hydroxylation is 1. The topological polar surface area (TPSA) is 43.8 Å². The molecule has 1 fully saturated rings. The molecule has 0 radical (unpaired) electrons. The van der Waals surface area contributed by atoms with Crippen LogP contribution in [0.1, 0.15) is 37.4 Å². The lowest BCUT2D eigenvalue weighted by Gasteiger charge is -2.27. The van der Waals surface area contributed by atoms with Crippen molar-refractivity contribution in [2.24, 2.45) is 5.73 Å². The summed E-state index contributed by atoms with van der Waals surface area (Å²) in [4.78, 5) is 0. The number of rotatable bonds is 4. The zero-order valence-corrected chi connectivity index (χ0v) is 7.95. The minimum atomic E-state index is 0.683. The summed E-state index contributed by atoms with van der Waals surface area (Å²) in [7, 11) is 0. The Morgan fingerprint density at radius 1 is 1.54 bits per heavy atom. The Hall–Kier alpha value is -0.830. The van der Waals surface area contributed by atoms with Gasteiger partial charge in [-0.05, 0) is 44.7 Å². The van der Waals surface area contributed by atoms with Gasteiger partial charge in [0.2, 0.25) is 0 Å². The number of nitrogens with two attached hydrogens (primary N) is 1. The molecule has 2 rings (SSSR count). The normalized spacial score (nSPS) is 17.3. The maximum absolute atomic E-state index is 5.49. The summed E-state index contributed by atoms with van der Waals surface area (Å²) in [5.74, 6) is 0. The monoisotopic (exact) mass is 179 g/mol. The number of hydrogen-bond acceptors (Lipinski definition) is 2. The van der Waals surface area contributed by atoms with Crippen LogP contribution in [0.2, 0.25) is 0 Å². The molecule has 13 heavy (non-hydrogen) atoms. The second-order valence-electron chi connectivity index (χ2n) is 3.74. The van der Waals surface area contributed by atoms with Crippen LogP contribution in [0.4, 0.5) is 0 Å². The van der Waals surface area contributed by atoms with E-state index in [-0.39, 0.29) is 0 Å². The first-order chi connectivity index (χ1) is 6.42. The van der Waals surface area contributed by atoms with Crippen molar-refractivity contribution in [3.63, 3.8) is 0 Å². The molecule has 0 aliphatic heterocycles. The average Bonchev–Trinajstić information content (AvgIpc) is 2.46. The van der Waals surface area contributed by atoms with Gasteiger partial charge in [0.15, 0.2) is 0 Å². The van der Waals surface area contributed by atoms with Crippen LogP contribution >= 0.6 is 0 Å².